The van der Waals surface area contributed by atoms with E-state index in [9.17, 15) is 9.59 Å². The molecule has 1 heterocycles. The summed E-state index contributed by atoms with van der Waals surface area (Å²) in [6.07, 6.45) is 1.25. The number of likely N-dealkylation sites (tertiary alicyclic amines) is 1. The Hall–Kier alpha value is -1.75. The van der Waals surface area contributed by atoms with Crippen molar-refractivity contribution in [2.24, 2.45) is 0 Å². The second kappa shape index (κ2) is 5.93. The predicted octanol–water partition coefficient (Wildman–Crippen LogP) is 2.10. The van der Waals surface area contributed by atoms with Crippen LogP contribution in [-0.2, 0) is 11.3 Å². The summed E-state index contributed by atoms with van der Waals surface area (Å²) in [4.78, 5) is 24.3. The largest absolute Gasteiger partial charge is 0.480 e. The van der Waals surface area contributed by atoms with Crippen LogP contribution in [0.1, 0.15) is 18.4 Å². The Balaban J connectivity index is 1.90. The molecular formula is C13H15ClN2O3. The zero-order chi connectivity index (χ0) is 13.8. The first-order valence-electron chi connectivity index (χ1n) is 6.09. The molecule has 19 heavy (non-hydrogen) atoms. The maximum Gasteiger partial charge on any atom is 0.326 e. The van der Waals surface area contributed by atoms with Gasteiger partial charge in [-0.2, -0.15) is 0 Å². The Bertz CT molecular complexity index is 475. The lowest BCUT2D eigenvalue weighted by Gasteiger charge is -2.21. The topological polar surface area (TPSA) is 69.6 Å². The van der Waals surface area contributed by atoms with Crippen LogP contribution in [0.5, 0.6) is 0 Å². The first-order valence-corrected chi connectivity index (χ1v) is 6.47. The molecule has 5 nitrogen and oxygen atoms in total. The fraction of sp³-hybridized carbons (Fsp3) is 0.385. The highest BCUT2D eigenvalue weighted by molar-refractivity contribution is 6.30. The third kappa shape index (κ3) is 3.38. The fourth-order valence-corrected chi connectivity index (χ4v) is 2.27. The molecule has 1 saturated heterocycles. The average Bonchev–Trinajstić information content (AvgIpc) is 2.87. The summed E-state index contributed by atoms with van der Waals surface area (Å²) in [5.41, 5.74) is 0.920. The number of hydrogen-bond donors (Lipinski definition) is 2. The minimum absolute atomic E-state index is 0.333. The Morgan fingerprint density at radius 2 is 2.05 bits per heavy atom. The van der Waals surface area contributed by atoms with E-state index in [1.54, 1.807) is 12.1 Å². The van der Waals surface area contributed by atoms with Crippen molar-refractivity contribution in [1.29, 1.82) is 0 Å². The molecule has 0 saturated carbocycles. The summed E-state index contributed by atoms with van der Waals surface area (Å²) >= 11 is 5.77. The number of benzene rings is 1. The molecule has 2 N–H and O–H groups in total. The molecule has 0 aliphatic carbocycles. The molecule has 0 aromatic heterocycles. The van der Waals surface area contributed by atoms with Crippen molar-refractivity contribution in [3.8, 4) is 0 Å². The van der Waals surface area contributed by atoms with Crippen LogP contribution in [0, 0.1) is 0 Å². The highest BCUT2D eigenvalue weighted by Crippen LogP contribution is 2.17. The van der Waals surface area contributed by atoms with E-state index in [-0.39, 0.29) is 6.03 Å². The van der Waals surface area contributed by atoms with Gasteiger partial charge < -0.3 is 15.3 Å². The monoisotopic (exact) mass is 282 g/mol. The first kappa shape index (κ1) is 13.7. The molecule has 1 aliphatic rings. The second-order valence-electron chi connectivity index (χ2n) is 4.47. The molecule has 0 unspecified atom stereocenters. The molecule has 2 amide bonds. The third-order valence-electron chi connectivity index (χ3n) is 3.16. The van der Waals surface area contributed by atoms with Crippen LogP contribution >= 0.6 is 11.6 Å². The summed E-state index contributed by atoms with van der Waals surface area (Å²) in [7, 11) is 0. The van der Waals surface area contributed by atoms with Gasteiger partial charge in [-0.1, -0.05) is 23.7 Å². The number of carboxylic acids is 1. The SMILES string of the molecule is O=C(O)[C@H]1CCCN1C(=O)NCc1ccc(Cl)cc1. The minimum Gasteiger partial charge on any atom is -0.480 e. The number of rotatable bonds is 3. The number of nitrogens with one attached hydrogen (secondary N) is 1. The molecule has 2 rings (SSSR count). The van der Waals surface area contributed by atoms with Gasteiger partial charge >= 0.3 is 12.0 Å². The molecule has 102 valence electrons. The lowest BCUT2D eigenvalue weighted by Crippen LogP contribution is -2.45. The molecule has 1 aromatic carbocycles. The molecule has 1 fully saturated rings. The molecule has 0 spiro atoms. The summed E-state index contributed by atoms with van der Waals surface area (Å²) in [5.74, 6) is -0.945. The van der Waals surface area contributed by atoms with E-state index in [1.165, 1.54) is 4.90 Å². The van der Waals surface area contributed by atoms with E-state index >= 15 is 0 Å². The Kier molecular flexibility index (Phi) is 4.27. The van der Waals surface area contributed by atoms with E-state index < -0.39 is 12.0 Å². The molecule has 1 atom stereocenters. The van der Waals surface area contributed by atoms with Crippen molar-refractivity contribution in [2.75, 3.05) is 6.54 Å². The Morgan fingerprint density at radius 1 is 1.37 bits per heavy atom. The highest BCUT2D eigenvalue weighted by Gasteiger charge is 2.33. The van der Waals surface area contributed by atoms with Crippen LogP contribution in [-0.4, -0.2) is 34.6 Å². The lowest BCUT2D eigenvalue weighted by atomic mass is 10.2. The van der Waals surface area contributed by atoms with Gasteiger partial charge in [0.05, 0.1) is 0 Å². The van der Waals surface area contributed by atoms with Gasteiger partial charge in [0, 0.05) is 18.1 Å². The number of aliphatic carboxylic acids is 1. The van der Waals surface area contributed by atoms with Crippen LogP contribution in [0.2, 0.25) is 5.02 Å². The standard InChI is InChI=1S/C13H15ClN2O3/c14-10-5-3-9(4-6-10)8-15-13(19)16-7-1-2-11(16)12(17)18/h3-6,11H,1-2,7-8H2,(H,15,19)(H,17,18)/t11-/m1/s1. The average molecular weight is 283 g/mol. The quantitative estimate of drug-likeness (QED) is 0.892. The summed E-state index contributed by atoms with van der Waals surface area (Å²) in [6, 6.07) is 6.10. The molecule has 1 aromatic rings. The van der Waals surface area contributed by atoms with Gasteiger partial charge in [-0.3, -0.25) is 0 Å². The van der Waals surface area contributed by atoms with E-state index in [2.05, 4.69) is 5.32 Å². The van der Waals surface area contributed by atoms with Crippen LogP contribution in [0.3, 0.4) is 0 Å². The Morgan fingerprint density at radius 3 is 2.68 bits per heavy atom. The van der Waals surface area contributed by atoms with Crippen molar-refractivity contribution in [2.45, 2.75) is 25.4 Å². The molecular weight excluding hydrogens is 268 g/mol. The van der Waals surface area contributed by atoms with Gasteiger partial charge in [-0.15, -0.1) is 0 Å². The number of amides is 2. The van der Waals surface area contributed by atoms with Crippen molar-refractivity contribution in [3.05, 3.63) is 34.9 Å². The molecule has 0 radical (unpaired) electrons. The van der Waals surface area contributed by atoms with E-state index in [4.69, 9.17) is 16.7 Å². The number of hydrogen-bond acceptors (Lipinski definition) is 2. The fourth-order valence-electron chi connectivity index (χ4n) is 2.15. The van der Waals surface area contributed by atoms with Gasteiger partial charge in [0.2, 0.25) is 0 Å². The number of urea groups is 1. The van der Waals surface area contributed by atoms with Gasteiger partial charge in [0.1, 0.15) is 6.04 Å². The zero-order valence-electron chi connectivity index (χ0n) is 10.3. The molecule has 6 heteroatoms. The zero-order valence-corrected chi connectivity index (χ0v) is 11.1. The number of carboxylic acid groups (broad SMARTS) is 1. The Labute approximate surface area is 116 Å². The number of carbonyl (C=O) groups is 2. The van der Waals surface area contributed by atoms with Crippen molar-refractivity contribution in [3.63, 3.8) is 0 Å². The number of carbonyl (C=O) groups excluding carboxylic acids is 1. The predicted molar refractivity (Wildman–Crippen MR) is 71.1 cm³/mol. The van der Waals surface area contributed by atoms with Crippen molar-refractivity contribution in [1.82, 2.24) is 10.2 Å². The van der Waals surface area contributed by atoms with E-state index in [0.29, 0.717) is 24.5 Å². The number of nitrogens with zero attached hydrogens (tertiary/aromatic N) is 1. The van der Waals surface area contributed by atoms with Crippen LogP contribution in [0.4, 0.5) is 4.79 Å². The molecule has 0 bridgehead atoms. The summed E-state index contributed by atoms with van der Waals surface area (Å²) < 4.78 is 0. The van der Waals surface area contributed by atoms with Crippen LogP contribution in [0.25, 0.3) is 0 Å². The van der Waals surface area contributed by atoms with Gasteiger partial charge in [0.25, 0.3) is 0 Å². The summed E-state index contributed by atoms with van der Waals surface area (Å²) in [6.45, 7) is 0.849. The maximum atomic E-state index is 11.9. The molecule has 1 aliphatic heterocycles. The summed E-state index contributed by atoms with van der Waals surface area (Å²) in [5, 5.41) is 12.4. The number of halogens is 1. The lowest BCUT2D eigenvalue weighted by molar-refractivity contribution is -0.141. The second-order valence-corrected chi connectivity index (χ2v) is 4.91. The van der Waals surface area contributed by atoms with Crippen molar-refractivity contribution >= 4 is 23.6 Å². The minimum atomic E-state index is -0.945. The van der Waals surface area contributed by atoms with Gasteiger partial charge in [-0.05, 0) is 30.5 Å². The normalized spacial score (nSPS) is 18.4. The smallest absolute Gasteiger partial charge is 0.326 e. The first-order chi connectivity index (χ1) is 9.08. The van der Waals surface area contributed by atoms with Crippen molar-refractivity contribution < 1.29 is 14.7 Å². The van der Waals surface area contributed by atoms with Gasteiger partial charge in [0.15, 0.2) is 0 Å². The maximum absolute atomic E-state index is 11.9. The van der Waals surface area contributed by atoms with E-state index in [0.717, 1.165) is 12.0 Å². The van der Waals surface area contributed by atoms with Crippen LogP contribution < -0.4 is 5.32 Å². The highest BCUT2D eigenvalue weighted by atomic mass is 35.5. The van der Waals surface area contributed by atoms with Gasteiger partial charge in [-0.25, -0.2) is 9.59 Å². The third-order valence-corrected chi connectivity index (χ3v) is 3.41. The van der Waals surface area contributed by atoms with E-state index in [1.807, 2.05) is 12.1 Å². The van der Waals surface area contributed by atoms with Crippen LogP contribution in [0.15, 0.2) is 24.3 Å².